The van der Waals surface area contributed by atoms with Gasteiger partial charge in [0.2, 0.25) is 0 Å². The van der Waals surface area contributed by atoms with Crippen molar-refractivity contribution in [2.24, 2.45) is 5.73 Å². The van der Waals surface area contributed by atoms with Crippen LogP contribution in [-0.2, 0) is 0 Å². The van der Waals surface area contributed by atoms with Gasteiger partial charge >= 0.3 is 0 Å². The molecular weight excluding hydrogens is 345 g/mol. The summed E-state index contributed by atoms with van der Waals surface area (Å²) in [6.07, 6.45) is 1.43. The van der Waals surface area contributed by atoms with Crippen molar-refractivity contribution in [3.05, 3.63) is 58.1 Å². The van der Waals surface area contributed by atoms with Crippen LogP contribution in [-0.4, -0.2) is 15.9 Å². The number of carbonyl (C=O) groups excluding carboxylic acids is 1. The van der Waals surface area contributed by atoms with Gasteiger partial charge in [0.1, 0.15) is 16.5 Å². The molecule has 0 atom stereocenters. The van der Waals surface area contributed by atoms with E-state index in [1.165, 1.54) is 30.5 Å². The molecule has 1 aromatic heterocycles. The standard InChI is InChI=1S/C13H9BrFN3OS/c14-9-5-8(2-3-10(9)15)18-13(19)11-4-1-7(6-17-11)12(16)20/h1-6H,(H2,16,20)(H,18,19). The molecule has 7 heteroatoms. The van der Waals surface area contributed by atoms with Crippen LogP contribution >= 0.6 is 28.1 Å². The van der Waals surface area contributed by atoms with Crippen LogP contribution in [0.5, 0.6) is 0 Å². The summed E-state index contributed by atoms with van der Waals surface area (Å²) < 4.78 is 13.4. The number of nitrogens with two attached hydrogens (primary N) is 1. The van der Waals surface area contributed by atoms with Gasteiger partial charge in [-0.3, -0.25) is 9.78 Å². The summed E-state index contributed by atoms with van der Waals surface area (Å²) >= 11 is 7.85. The zero-order valence-electron chi connectivity index (χ0n) is 10.1. The van der Waals surface area contributed by atoms with Crippen LogP contribution in [0.3, 0.4) is 0 Å². The van der Waals surface area contributed by atoms with Gasteiger partial charge in [-0.2, -0.15) is 0 Å². The zero-order valence-corrected chi connectivity index (χ0v) is 12.5. The summed E-state index contributed by atoms with van der Waals surface area (Å²) in [7, 11) is 0. The lowest BCUT2D eigenvalue weighted by molar-refractivity contribution is 0.102. The fourth-order valence-corrected chi connectivity index (χ4v) is 1.94. The number of nitrogens with one attached hydrogen (secondary N) is 1. The van der Waals surface area contributed by atoms with Crippen molar-refractivity contribution in [3.63, 3.8) is 0 Å². The molecule has 0 fully saturated rings. The van der Waals surface area contributed by atoms with Crippen molar-refractivity contribution in [1.29, 1.82) is 0 Å². The molecule has 0 bridgehead atoms. The van der Waals surface area contributed by atoms with Gasteiger partial charge in [0, 0.05) is 17.4 Å². The Morgan fingerprint density at radius 3 is 2.65 bits per heavy atom. The number of nitrogens with zero attached hydrogens (tertiary/aromatic N) is 1. The average Bonchev–Trinajstić information content (AvgIpc) is 2.43. The Bertz CT molecular complexity index is 676. The molecule has 0 spiro atoms. The third-order valence-electron chi connectivity index (χ3n) is 2.46. The number of carbonyl (C=O) groups is 1. The third-order valence-corrected chi connectivity index (χ3v) is 3.30. The molecule has 4 nitrogen and oxygen atoms in total. The SMILES string of the molecule is NC(=S)c1ccc(C(=O)Nc2ccc(F)c(Br)c2)nc1. The molecule has 2 rings (SSSR count). The van der Waals surface area contributed by atoms with Crippen molar-refractivity contribution >= 4 is 44.7 Å². The smallest absolute Gasteiger partial charge is 0.274 e. The van der Waals surface area contributed by atoms with Gasteiger partial charge in [-0.1, -0.05) is 12.2 Å². The van der Waals surface area contributed by atoms with Crippen molar-refractivity contribution < 1.29 is 9.18 Å². The number of aromatic nitrogens is 1. The van der Waals surface area contributed by atoms with E-state index in [0.717, 1.165) is 0 Å². The first-order chi connectivity index (χ1) is 9.47. The molecule has 1 heterocycles. The minimum absolute atomic E-state index is 0.213. The van der Waals surface area contributed by atoms with Gasteiger partial charge in [-0.15, -0.1) is 0 Å². The molecule has 1 aromatic carbocycles. The molecule has 0 unspecified atom stereocenters. The minimum atomic E-state index is -0.405. The van der Waals surface area contributed by atoms with Crippen LogP contribution in [0, 0.1) is 5.82 Å². The lowest BCUT2D eigenvalue weighted by Gasteiger charge is -2.06. The molecule has 2 aromatic rings. The van der Waals surface area contributed by atoms with Crippen LogP contribution in [0.15, 0.2) is 41.0 Å². The van der Waals surface area contributed by atoms with Crippen LogP contribution < -0.4 is 11.1 Å². The van der Waals surface area contributed by atoms with E-state index in [1.54, 1.807) is 6.07 Å². The van der Waals surface area contributed by atoms with Gasteiger partial charge in [0.15, 0.2) is 0 Å². The monoisotopic (exact) mass is 353 g/mol. The topological polar surface area (TPSA) is 68.0 Å². The average molecular weight is 354 g/mol. The molecule has 0 aliphatic heterocycles. The fourth-order valence-electron chi connectivity index (χ4n) is 1.44. The number of rotatable bonds is 3. The van der Waals surface area contributed by atoms with Crippen molar-refractivity contribution in [2.45, 2.75) is 0 Å². The Morgan fingerprint density at radius 2 is 2.10 bits per heavy atom. The van der Waals surface area contributed by atoms with Crippen LogP contribution in [0.1, 0.15) is 16.1 Å². The molecule has 0 aliphatic rings. The maximum Gasteiger partial charge on any atom is 0.274 e. The van der Waals surface area contributed by atoms with E-state index in [0.29, 0.717) is 11.3 Å². The first-order valence-electron chi connectivity index (χ1n) is 5.49. The molecule has 0 aliphatic carbocycles. The van der Waals surface area contributed by atoms with Gasteiger partial charge < -0.3 is 11.1 Å². The number of hydrogen-bond donors (Lipinski definition) is 2. The summed E-state index contributed by atoms with van der Waals surface area (Å²) in [4.78, 5) is 16.1. The maximum absolute atomic E-state index is 13.1. The summed E-state index contributed by atoms with van der Waals surface area (Å²) in [5, 5.41) is 2.61. The highest BCUT2D eigenvalue weighted by Crippen LogP contribution is 2.20. The van der Waals surface area contributed by atoms with E-state index >= 15 is 0 Å². The number of thiocarbonyl (C=S) groups is 1. The summed E-state index contributed by atoms with van der Waals surface area (Å²) in [6.45, 7) is 0. The summed E-state index contributed by atoms with van der Waals surface area (Å²) in [5.41, 5.74) is 6.70. The highest BCUT2D eigenvalue weighted by Gasteiger charge is 2.09. The second-order valence-electron chi connectivity index (χ2n) is 3.88. The van der Waals surface area contributed by atoms with Crippen LogP contribution in [0.25, 0.3) is 0 Å². The number of pyridine rings is 1. The highest BCUT2D eigenvalue weighted by atomic mass is 79.9. The number of amides is 1. The first kappa shape index (κ1) is 14.5. The zero-order chi connectivity index (χ0) is 14.7. The number of halogens is 2. The second kappa shape index (κ2) is 6.06. The predicted octanol–water partition coefficient (Wildman–Crippen LogP) is 2.87. The Hall–Kier alpha value is -1.86. The molecule has 0 saturated carbocycles. The molecule has 102 valence electrons. The van der Waals surface area contributed by atoms with Crippen molar-refractivity contribution in [3.8, 4) is 0 Å². The van der Waals surface area contributed by atoms with Gasteiger partial charge in [-0.25, -0.2) is 4.39 Å². The van der Waals surface area contributed by atoms with Crippen LogP contribution in [0.2, 0.25) is 0 Å². The molecule has 1 amide bonds. The number of hydrogen-bond acceptors (Lipinski definition) is 3. The van der Waals surface area contributed by atoms with Crippen molar-refractivity contribution in [1.82, 2.24) is 4.98 Å². The molecule has 0 saturated heterocycles. The van der Waals surface area contributed by atoms with E-state index < -0.39 is 11.7 Å². The molecule has 20 heavy (non-hydrogen) atoms. The Labute approximate surface area is 128 Å². The van der Waals surface area contributed by atoms with E-state index in [4.69, 9.17) is 18.0 Å². The fraction of sp³-hybridized carbons (Fsp3) is 0. The van der Waals surface area contributed by atoms with E-state index in [9.17, 15) is 9.18 Å². The Balaban J connectivity index is 2.15. The number of anilines is 1. The van der Waals surface area contributed by atoms with E-state index in [2.05, 4.69) is 26.2 Å². The minimum Gasteiger partial charge on any atom is -0.389 e. The van der Waals surface area contributed by atoms with E-state index in [1.807, 2.05) is 0 Å². The van der Waals surface area contributed by atoms with Gasteiger partial charge in [-0.05, 0) is 46.3 Å². The predicted molar refractivity (Wildman–Crippen MR) is 82.2 cm³/mol. The van der Waals surface area contributed by atoms with Crippen molar-refractivity contribution in [2.75, 3.05) is 5.32 Å². The summed E-state index contributed by atoms with van der Waals surface area (Å²) in [6, 6.07) is 7.31. The lowest BCUT2D eigenvalue weighted by atomic mass is 10.2. The Morgan fingerprint density at radius 1 is 1.35 bits per heavy atom. The summed E-state index contributed by atoms with van der Waals surface area (Å²) in [5.74, 6) is -0.806. The molecular formula is C13H9BrFN3OS. The van der Waals surface area contributed by atoms with Gasteiger partial charge in [0.25, 0.3) is 5.91 Å². The normalized spacial score (nSPS) is 10.1. The maximum atomic E-state index is 13.1. The van der Waals surface area contributed by atoms with E-state index in [-0.39, 0.29) is 15.2 Å². The third kappa shape index (κ3) is 3.37. The number of benzene rings is 1. The van der Waals surface area contributed by atoms with Gasteiger partial charge in [0.05, 0.1) is 4.47 Å². The molecule has 3 N–H and O–H groups in total. The first-order valence-corrected chi connectivity index (χ1v) is 6.70. The van der Waals surface area contributed by atoms with Crippen LogP contribution in [0.4, 0.5) is 10.1 Å². The highest BCUT2D eigenvalue weighted by molar-refractivity contribution is 9.10. The quantitative estimate of drug-likeness (QED) is 0.832. The lowest BCUT2D eigenvalue weighted by Crippen LogP contribution is -2.15. The molecule has 0 radical (unpaired) electrons. The second-order valence-corrected chi connectivity index (χ2v) is 5.17. The largest absolute Gasteiger partial charge is 0.389 e. The Kier molecular flexibility index (Phi) is 4.41.